The normalized spacial score (nSPS) is 16.5. The summed E-state index contributed by atoms with van der Waals surface area (Å²) in [5.74, 6) is -0.403. The van der Waals surface area contributed by atoms with Crippen molar-refractivity contribution in [2.24, 2.45) is 5.92 Å². The van der Waals surface area contributed by atoms with Gasteiger partial charge in [-0.1, -0.05) is 35.6 Å². The standard InChI is InChI=1S/C24H28N4O2S/c1-16-12-17(2)22-20(13-16)31-24(25-22)27(11-10-26(3)4)23(30)18-14-21(29)28(15-18)19-8-6-5-7-9-19/h5-9,12-13,18H,10-11,14-15H2,1-4H3. The maximum absolute atomic E-state index is 13.6. The first kappa shape index (κ1) is 21.5. The summed E-state index contributed by atoms with van der Waals surface area (Å²) in [5, 5.41) is 0.709. The van der Waals surface area contributed by atoms with E-state index in [2.05, 4.69) is 30.9 Å². The minimum absolute atomic E-state index is 0.00659. The smallest absolute Gasteiger partial charge is 0.234 e. The van der Waals surface area contributed by atoms with E-state index in [0.29, 0.717) is 18.2 Å². The largest absolute Gasteiger partial charge is 0.312 e. The van der Waals surface area contributed by atoms with E-state index in [-0.39, 0.29) is 24.2 Å². The molecule has 3 aromatic rings. The number of fused-ring (bicyclic) bond motifs is 1. The van der Waals surface area contributed by atoms with E-state index in [0.717, 1.165) is 28.0 Å². The summed E-state index contributed by atoms with van der Waals surface area (Å²) < 4.78 is 1.09. The Kier molecular flexibility index (Phi) is 6.07. The second-order valence-corrected chi connectivity index (χ2v) is 9.47. The topological polar surface area (TPSA) is 56.8 Å². The zero-order chi connectivity index (χ0) is 22.1. The molecule has 0 aliphatic carbocycles. The lowest BCUT2D eigenvalue weighted by molar-refractivity contribution is -0.124. The number of hydrogen-bond acceptors (Lipinski definition) is 5. The van der Waals surface area contributed by atoms with Crippen molar-refractivity contribution in [3.05, 3.63) is 53.6 Å². The summed E-state index contributed by atoms with van der Waals surface area (Å²) >= 11 is 1.55. The zero-order valence-corrected chi connectivity index (χ0v) is 19.3. The highest BCUT2D eigenvalue weighted by Gasteiger charge is 2.38. The number of para-hydroxylation sites is 1. The molecular formula is C24H28N4O2S. The van der Waals surface area contributed by atoms with Gasteiger partial charge < -0.3 is 9.80 Å². The molecule has 0 bridgehead atoms. The van der Waals surface area contributed by atoms with Crippen LogP contribution in [0.4, 0.5) is 10.8 Å². The van der Waals surface area contributed by atoms with Crippen LogP contribution in [0.1, 0.15) is 17.5 Å². The van der Waals surface area contributed by atoms with Gasteiger partial charge in [0, 0.05) is 31.7 Å². The molecule has 1 aliphatic heterocycles. The van der Waals surface area contributed by atoms with E-state index in [1.807, 2.05) is 44.4 Å². The number of benzene rings is 2. The zero-order valence-electron chi connectivity index (χ0n) is 18.5. The third-order valence-electron chi connectivity index (χ3n) is 5.63. The van der Waals surface area contributed by atoms with Gasteiger partial charge in [0.1, 0.15) is 0 Å². The number of carbonyl (C=O) groups excluding carboxylic acids is 2. The van der Waals surface area contributed by atoms with Crippen LogP contribution in [0.2, 0.25) is 0 Å². The maximum Gasteiger partial charge on any atom is 0.234 e. The first-order valence-corrected chi connectivity index (χ1v) is 11.3. The predicted octanol–water partition coefficient (Wildman–Crippen LogP) is 3.86. The number of nitrogens with zero attached hydrogens (tertiary/aromatic N) is 4. The Balaban J connectivity index is 1.63. The molecule has 1 unspecified atom stereocenters. The van der Waals surface area contributed by atoms with Gasteiger partial charge in [-0.3, -0.25) is 14.5 Å². The summed E-state index contributed by atoms with van der Waals surface area (Å²) in [6.45, 7) is 5.80. The summed E-state index contributed by atoms with van der Waals surface area (Å²) in [5.41, 5.74) is 4.09. The molecule has 0 saturated carbocycles. The Bertz CT molecular complexity index is 1110. The van der Waals surface area contributed by atoms with Gasteiger partial charge in [-0.15, -0.1) is 0 Å². The van der Waals surface area contributed by atoms with Crippen molar-refractivity contribution in [2.45, 2.75) is 20.3 Å². The van der Waals surface area contributed by atoms with E-state index < -0.39 is 0 Å². The average Bonchev–Trinajstić information content (AvgIpc) is 3.32. The fourth-order valence-electron chi connectivity index (χ4n) is 4.03. The molecule has 2 heterocycles. The fourth-order valence-corrected chi connectivity index (χ4v) is 5.20. The Labute approximate surface area is 187 Å². The molecule has 162 valence electrons. The molecule has 0 radical (unpaired) electrons. The summed E-state index contributed by atoms with van der Waals surface area (Å²) in [7, 11) is 3.98. The van der Waals surface area contributed by atoms with E-state index in [1.165, 1.54) is 5.56 Å². The quantitative estimate of drug-likeness (QED) is 0.589. The predicted molar refractivity (Wildman–Crippen MR) is 127 cm³/mol. The highest BCUT2D eigenvalue weighted by atomic mass is 32.1. The van der Waals surface area contributed by atoms with Crippen LogP contribution in [0.5, 0.6) is 0 Å². The maximum atomic E-state index is 13.6. The Morgan fingerprint density at radius 1 is 1.16 bits per heavy atom. The summed E-state index contributed by atoms with van der Waals surface area (Å²) in [6.07, 6.45) is 0.231. The van der Waals surface area contributed by atoms with Crippen LogP contribution in [0.15, 0.2) is 42.5 Å². The number of thiazole rings is 1. The van der Waals surface area contributed by atoms with Gasteiger partial charge in [-0.2, -0.15) is 0 Å². The molecule has 31 heavy (non-hydrogen) atoms. The SMILES string of the molecule is Cc1cc(C)c2nc(N(CCN(C)C)C(=O)C3CC(=O)N(c4ccccc4)C3)sc2c1. The number of aryl methyl sites for hydroxylation is 2. The second-order valence-electron chi connectivity index (χ2n) is 8.46. The number of rotatable bonds is 6. The van der Waals surface area contributed by atoms with E-state index >= 15 is 0 Å². The molecule has 6 nitrogen and oxygen atoms in total. The number of likely N-dealkylation sites (N-methyl/N-ethyl adjacent to an activating group) is 1. The van der Waals surface area contributed by atoms with Gasteiger partial charge in [0.15, 0.2) is 5.13 Å². The number of carbonyl (C=O) groups is 2. The van der Waals surface area contributed by atoms with Gasteiger partial charge in [-0.05, 0) is 57.3 Å². The number of anilines is 2. The van der Waals surface area contributed by atoms with Gasteiger partial charge >= 0.3 is 0 Å². The second kappa shape index (κ2) is 8.77. The van der Waals surface area contributed by atoms with Gasteiger partial charge in [-0.25, -0.2) is 4.98 Å². The van der Waals surface area contributed by atoms with Gasteiger partial charge in [0.05, 0.1) is 16.1 Å². The third kappa shape index (κ3) is 4.48. The third-order valence-corrected chi connectivity index (χ3v) is 6.65. The summed E-state index contributed by atoms with van der Waals surface area (Å²) in [6, 6.07) is 13.8. The van der Waals surface area contributed by atoms with Crippen molar-refractivity contribution in [1.82, 2.24) is 9.88 Å². The van der Waals surface area contributed by atoms with Crippen LogP contribution < -0.4 is 9.80 Å². The van der Waals surface area contributed by atoms with Crippen molar-refractivity contribution in [3.8, 4) is 0 Å². The van der Waals surface area contributed by atoms with E-state index in [1.54, 1.807) is 21.1 Å². The first-order chi connectivity index (χ1) is 14.8. The van der Waals surface area contributed by atoms with Crippen LogP contribution in [0.3, 0.4) is 0 Å². The van der Waals surface area contributed by atoms with Crippen LogP contribution in [-0.4, -0.2) is 55.4 Å². The van der Waals surface area contributed by atoms with Crippen LogP contribution >= 0.6 is 11.3 Å². The van der Waals surface area contributed by atoms with Crippen molar-refractivity contribution in [2.75, 3.05) is 43.5 Å². The number of hydrogen-bond donors (Lipinski definition) is 0. The van der Waals surface area contributed by atoms with Crippen molar-refractivity contribution in [3.63, 3.8) is 0 Å². The van der Waals surface area contributed by atoms with E-state index in [9.17, 15) is 9.59 Å². The molecule has 2 amide bonds. The van der Waals surface area contributed by atoms with Crippen LogP contribution in [-0.2, 0) is 9.59 Å². The lowest BCUT2D eigenvalue weighted by Gasteiger charge is -2.24. The van der Waals surface area contributed by atoms with Crippen LogP contribution in [0, 0.1) is 19.8 Å². The number of aromatic nitrogens is 1. The highest BCUT2D eigenvalue weighted by Crippen LogP contribution is 2.34. The molecule has 1 fully saturated rings. The molecule has 1 aliphatic rings. The molecule has 7 heteroatoms. The van der Waals surface area contributed by atoms with E-state index in [4.69, 9.17) is 4.98 Å². The summed E-state index contributed by atoms with van der Waals surface area (Å²) in [4.78, 5) is 36.7. The molecule has 0 N–H and O–H groups in total. The van der Waals surface area contributed by atoms with Crippen molar-refractivity contribution in [1.29, 1.82) is 0 Å². The molecular weight excluding hydrogens is 408 g/mol. The average molecular weight is 437 g/mol. The fraction of sp³-hybridized carbons (Fsp3) is 0.375. The minimum atomic E-state index is -0.371. The van der Waals surface area contributed by atoms with Crippen molar-refractivity contribution < 1.29 is 9.59 Å². The molecule has 1 aromatic heterocycles. The monoisotopic (exact) mass is 436 g/mol. The Morgan fingerprint density at radius 3 is 2.61 bits per heavy atom. The Hall–Kier alpha value is -2.77. The van der Waals surface area contributed by atoms with Crippen LogP contribution in [0.25, 0.3) is 10.2 Å². The Morgan fingerprint density at radius 2 is 1.90 bits per heavy atom. The lowest BCUT2D eigenvalue weighted by Crippen LogP contribution is -2.41. The van der Waals surface area contributed by atoms with Gasteiger partial charge in [0.2, 0.25) is 11.8 Å². The van der Waals surface area contributed by atoms with Gasteiger partial charge in [0.25, 0.3) is 0 Å². The number of amides is 2. The lowest BCUT2D eigenvalue weighted by atomic mass is 10.1. The molecule has 4 rings (SSSR count). The molecule has 0 spiro atoms. The molecule has 1 saturated heterocycles. The molecule has 2 aromatic carbocycles. The highest BCUT2D eigenvalue weighted by molar-refractivity contribution is 7.22. The first-order valence-electron chi connectivity index (χ1n) is 10.5. The van der Waals surface area contributed by atoms with Crippen molar-refractivity contribution >= 4 is 44.2 Å². The molecule has 1 atom stereocenters. The minimum Gasteiger partial charge on any atom is -0.312 e.